The molecule has 1 amide bonds. The zero-order valence-corrected chi connectivity index (χ0v) is 11.8. The number of rotatable bonds is 1. The molecule has 0 aliphatic carbocycles. The zero-order valence-electron chi connectivity index (χ0n) is 10.2. The van der Waals surface area contributed by atoms with Crippen molar-refractivity contribution < 1.29 is 4.79 Å². The standard InChI is InChI=1S/C14H16BrNO/c1-10-4-3-5-16(9-10)14(17)12-6-11(2)7-13(15)8-12/h4,6-8H,3,5,9H2,1-2H3. The van der Waals surface area contributed by atoms with Crippen molar-refractivity contribution in [3.05, 3.63) is 45.4 Å². The van der Waals surface area contributed by atoms with Crippen LogP contribution in [0.2, 0.25) is 0 Å². The van der Waals surface area contributed by atoms with Crippen LogP contribution in [0.15, 0.2) is 34.3 Å². The van der Waals surface area contributed by atoms with Gasteiger partial charge in [0, 0.05) is 23.1 Å². The lowest BCUT2D eigenvalue weighted by Gasteiger charge is -2.26. The van der Waals surface area contributed by atoms with Gasteiger partial charge in [-0.05, 0) is 44.0 Å². The molecule has 0 saturated carbocycles. The minimum Gasteiger partial charge on any atom is -0.334 e. The van der Waals surface area contributed by atoms with Crippen molar-refractivity contribution in [1.82, 2.24) is 4.90 Å². The van der Waals surface area contributed by atoms with E-state index in [4.69, 9.17) is 0 Å². The Bertz CT molecular complexity index is 459. The Kier molecular flexibility index (Phi) is 3.67. The summed E-state index contributed by atoms with van der Waals surface area (Å²) >= 11 is 3.44. The topological polar surface area (TPSA) is 20.3 Å². The summed E-state index contributed by atoms with van der Waals surface area (Å²) < 4.78 is 0.963. The van der Waals surface area contributed by atoms with Gasteiger partial charge in [-0.3, -0.25) is 4.79 Å². The first-order chi connectivity index (χ1) is 8.06. The zero-order chi connectivity index (χ0) is 12.4. The monoisotopic (exact) mass is 293 g/mol. The van der Waals surface area contributed by atoms with E-state index in [0.29, 0.717) is 0 Å². The van der Waals surface area contributed by atoms with Crippen molar-refractivity contribution in [2.45, 2.75) is 20.3 Å². The molecule has 0 radical (unpaired) electrons. The lowest BCUT2D eigenvalue weighted by atomic mass is 10.1. The number of amides is 1. The molecule has 0 aromatic heterocycles. The Labute approximate surface area is 110 Å². The molecule has 0 bridgehead atoms. The van der Waals surface area contributed by atoms with Gasteiger partial charge in [0.15, 0.2) is 0 Å². The second-order valence-corrected chi connectivity index (χ2v) is 5.50. The number of benzene rings is 1. The van der Waals surface area contributed by atoms with Crippen LogP contribution < -0.4 is 0 Å². The predicted molar refractivity (Wildman–Crippen MR) is 73.2 cm³/mol. The Balaban J connectivity index is 2.22. The summed E-state index contributed by atoms with van der Waals surface area (Å²) in [6.07, 6.45) is 3.17. The first kappa shape index (κ1) is 12.4. The summed E-state index contributed by atoms with van der Waals surface area (Å²) in [5.74, 6) is 0.127. The van der Waals surface area contributed by atoms with E-state index in [1.54, 1.807) is 0 Å². The largest absolute Gasteiger partial charge is 0.334 e. The van der Waals surface area contributed by atoms with Crippen LogP contribution in [-0.2, 0) is 0 Å². The van der Waals surface area contributed by atoms with Gasteiger partial charge in [-0.25, -0.2) is 0 Å². The lowest BCUT2D eigenvalue weighted by Crippen LogP contribution is -2.35. The van der Waals surface area contributed by atoms with Crippen LogP contribution in [0.4, 0.5) is 0 Å². The van der Waals surface area contributed by atoms with Crippen LogP contribution in [0.3, 0.4) is 0 Å². The minimum absolute atomic E-state index is 0.127. The van der Waals surface area contributed by atoms with Crippen molar-refractivity contribution in [2.24, 2.45) is 0 Å². The van der Waals surface area contributed by atoms with Gasteiger partial charge >= 0.3 is 0 Å². The molecular formula is C14H16BrNO. The number of aryl methyl sites for hydroxylation is 1. The van der Waals surface area contributed by atoms with Gasteiger partial charge in [0.25, 0.3) is 5.91 Å². The van der Waals surface area contributed by atoms with Gasteiger partial charge in [-0.1, -0.05) is 27.6 Å². The number of nitrogens with zero attached hydrogens (tertiary/aromatic N) is 1. The molecule has 17 heavy (non-hydrogen) atoms. The summed E-state index contributed by atoms with van der Waals surface area (Å²) in [6, 6.07) is 5.85. The summed E-state index contributed by atoms with van der Waals surface area (Å²) in [5.41, 5.74) is 3.15. The maximum absolute atomic E-state index is 12.3. The first-order valence-electron chi connectivity index (χ1n) is 5.78. The van der Waals surface area contributed by atoms with E-state index in [2.05, 4.69) is 28.9 Å². The second kappa shape index (κ2) is 5.05. The molecule has 2 rings (SSSR count). The van der Waals surface area contributed by atoms with Crippen LogP contribution in [0.5, 0.6) is 0 Å². The van der Waals surface area contributed by atoms with Crippen molar-refractivity contribution in [3.8, 4) is 0 Å². The van der Waals surface area contributed by atoms with Gasteiger partial charge in [0.1, 0.15) is 0 Å². The van der Waals surface area contributed by atoms with Gasteiger partial charge in [-0.2, -0.15) is 0 Å². The highest BCUT2D eigenvalue weighted by Crippen LogP contribution is 2.18. The van der Waals surface area contributed by atoms with Crippen LogP contribution in [-0.4, -0.2) is 23.9 Å². The highest BCUT2D eigenvalue weighted by atomic mass is 79.9. The van der Waals surface area contributed by atoms with Crippen LogP contribution in [0.25, 0.3) is 0 Å². The fourth-order valence-corrected chi connectivity index (χ4v) is 2.73. The molecule has 3 heteroatoms. The smallest absolute Gasteiger partial charge is 0.254 e. The molecule has 1 aromatic rings. The van der Waals surface area contributed by atoms with Gasteiger partial charge in [0.05, 0.1) is 0 Å². The van der Waals surface area contributed by atoms with Crippen LogP contribution >= 0.6 is 15.9 Å². The molecule has 2 nitrogen and oxygen atoms in total. The average molecular weight is 294 g/mol. The molecule has 0 unspecified atom stereocenters. The van der Waals surface area contributed by atoms with E-state index in [-0.39, 0.29) is 5.91 Å². The normalized spacial score (nSPS) is 15.7. The average Bonchev–Trinajstić information content (AvgIpc) is 2.26. The Morgan fingerprint density at radius 3 is 2.71 bits per heavy atom. The van der Waals surface area contributed by atoms with E-state index >= 15 is 0 Å². The van der Waals surface area contributed by atoms with Crippen molar-refractivity contribution in [1.29, 1.82) is 0 Å². The van der Waals surface area contributed by atoms with Gasteiger partial charge in [-0.15, -0.1) is 0 Å². The van der Waals surface area contributed by atoms with Crippen molar-refractivity contribution in [3.63, 3.8) is 0 Å². The lowest BCUT2D eigenvalue weighted by molar-refractivity contribution is 0.0766. The fraction of sp³-hybridized carbons (Fsp3) is 0.357. The van der Waals surface area contributed by atoms with Crippen molar-refractivity contribution >= 4 is 21.8 Å². The maximum atomic E-state index is 12.3. The Hall–Kier alpha value is -1.09. The summed E-state index contributed by atoms with van der Waals surface area (Å²) in [7, 11) is 0. The number of hydrogen-bond acceptors (Lipinski definition) is 1. The molecule has 90 valence electrons. The van der Waals surface area contributed by atoms with E-state index in [0.717, 1.165) is 35.1 Å². The number of halogens is 1. The number of carbonyl (C=O) groups excluding carboxylic acids is 1. The van der Waals surface area contributed by atoms with Crippen molar-refractivity contribution in [2.75, 3.05) is 13.1 Å². The van der Waals surface area contributed by atoms with Gasteiger partial charge in [0.2, 0.25) is 0 Å². The summed E-state index contributed by atoms with van der Waals surface area (Å²) in [4.78, 5) is 14.2. The molecule has 1 aliphatic rings. The molecule has 1 aliphatic heterocycles. The third-order valence-electron chi connectivity index (χ3n) is 2.91. The SMILES string of the molecule is CC1=CCCN(C(=O)c2cc(C)cc(Br)c2)C1. The van der Waals surface area contributed by atoms with Crippen LogP contribution in [0.1, 0.15) is 29.3 Å². The molecule has 0 saturated heterocycles. The maximum Gasteiger partial charge on any atom is 0.254 e. The molecule has 0 spiro atoms. The fourth-order valence-electron chi connectivity index (χ4n) is 2.13. The Morgan fingerprint density at radius 2 is 2.06 bits per heavy atom. The number of hydrogen-bond donors (Lipinski definition) is 0. The molecule has 1 aromatic carbocycles. The van der Waals surface area contributed by atoms with E-state index in [9.17, 15) is 4.79 Å². The molecule has 1 heterocycles. The Morgan fingerprint density at radius 1 is 1.29 bits per heavy atom. The third-order valence-corrected chi connectivity index (χ3v) is 3.37. The first-order valence-corrected chi connectivity index (χ1v) is 6.57. The molecule has 0 atom stereocenters. The van der Waals surface area contributed by atoms with Crippen LogP contribution in [0, 0.1) is 6.92 Å². The van der Waals surface area contributed by atoms with E-state index in [1.807, 2.05) is 30.0 Å². The molecule has 0 N–H and O–H groups in total. The highest BCUT2D eigenvalue weighted by molar-refractivity contribution is 9.10. The molecular weight excluding hydrogens is 278 g/mol. The minimum atomic E-state index is 0.127. The van der Waals surface area contributed by atoms with E-state index in [1.165, 1.54) is 5.57 Å². The van der Waals surface area contributed by atoms with Gasteiger partial charge < -0.3 is 4.90 Å². The second-order valence-electron chi connectivity index (χ2n) is 4.58. The number of carbonyl (C=O) groups is 1. The predicted octanol–water partition coefficient (Wildman–Crippen LogP) is 3.55. The third kappa shape index (κ3) is 2.97. The highest BCUT2D eigenvalue weighted by Gasteiger charge is 2.18. The molecule has 0 fully saturated rings. The quantitative estimate of drug-likeness (QED) is 0.725. The summed E-state index contributed by atoms with van der Waals surface area (Å²) in [6.45, 7) is 5.65. The van der Waals surface area contributed by atoms with E-state index < -0.39 is 0 Å². The summed E-state index contributed by atoms with van der Waals surface area (Å²) in [5, 5.41) is 0.